The standard InChI is InChI=1S/C23H24ClN3O5S/c1-15-20(16(2)32-26-15)14-33-22-19(5-4-10-25-22)23(29)31-13-21(28)27(3)11-12-30-18-8-6-17(24)7-9-18/h4-10H,11-14H2,1-3H3. The minimum absolute atomic E-state index is 0.295. The molecule has 0 saturated carbocycles. The summed E-state index contributed by atoms with van der Waals surface area (Å²) < 4.78 is 16.0. The van der Waals surface area contributed by atoms with Crippen molar-refractivity contribution in [2.45, 2.75) is 24.6 Å². The molecule has 174 valence electrons. The summed E-state index contributed by atoms with van der Waals surface area (Å²) in [6.45, 7) is 3.96. The van der Waals surface area contributed by atoms with Crippen molar-refractivity contribution >= 4 is 35.2 Å². The molecule has 10 heteroatoms. The van der Waals surface area contributed by atoms with Crippen molar-refractivity contribution in [3.05, 3.63) is 70.2 Å². The van der Waals surface area contributed by atoms with Crippen LogP contribution in [0.3, 0.4) is 0 Å². The number of likely N-dealkylation sites (N-methyl/N-ethyl adjacent to an activating group) is 1. The highest BCUT2D eigenvalue weighted by molar-refractivity contribution is 7.98. The second-order valence-corrected chi connectivity index (χ2v) is 8.54. The third-order valence-electron chi connectivity index (χ3n) is 4.79. The van der Waals surface area contributed by atoms with Crippen LogP contribution in [0.4, 0.5) is 0 Å². The molecule has 0 spiro atoms. The lowest BCUT2D eigenvalue weighted by atomic mass is 10.2. The SMILES string of the molecule is Cc1noc(C)c1CSc1ncccc1C(=O)OCC(=O)N(C)CCOc1ccc(Cl)cc1. The number of nitrogens with zero attached hydrogens (tertiary/aromatic N) is 3. The molecule has 0 saturated heterocycles. The largest absolute Gasteiger partial charge is 0.492 e. The van der Waals surface area contributed by atoms with Gasteiger partial charge >= 0.3 is 5.97 Å². The summed E-state index contributed by atoms with van der Waals surface area (Å²) in [7, 11) is 1.62. The molecule has 0 N–H and O–H groups in total. The number of benzene rings is 1. The molecule has 0 unspecified atom stereocenters. The number of amides is 1. The highest BCUT2D eigenvalue weighted by atomic mass is 35.5. The summed E-state index contributed by atoms with van der Waals surface area (Å²) in [4.78, 5) is 30.7. The maximum absolute atomic E-state index is 12.6. The van der Waals surface area contributed by atoms with E-state index in [1.807, 2.05) is 13.8 Å². The number of carbonyl (C=O) groups excluding carboxylic acids is 2. The fraction of sp³-hybridized carbons (Fsp3) is 0.304. The average Bonchev–Trinajstić information content (AvgIpc) is 3.14. The molecule has 2 heterocycles. The molecule has 0 aliphatic heterocycles. The van der Waals surface area contributed by atoms with Crippen molar-refractivity contribution in [1.82, 2.24) is 15.0 Å². The van der Waals surface area contributed by atoms with Crippen LogP contribution in [0.1, 0.15) is 27.4 Å². The highest BCUT2D eigenvalue weighted by Gasteiger charge is 2.18. The maximum Gasteiger partial charge on any atom is 0.341 e. The van der Waals surface area contributed by atoms with E-state index in [-0.39, 0.29) is 12.5 Å². The van der Waals surface area contributed by atoms with Crippen LogP contribution in [0, 0.1) is 13.8 Å². The van der Waals surface area contributed by atoms with Crippen LogP contribution in [0.2, 0.25) is 5.02 Å². The lowest BCUT2D eigenvalue weighted by Gasteiger charge is -2.17. The Bertz CT molecular complexity index is 1080. The van der Waals surface area contributed by atoms with Gasteiger partial charge in [-0.1, -0.05) is 16.8 Å². The van der Waals surface area contributed by atoms with Gasteiger partial charge < -0.3 is 18.9 Å². The second kappa shape index (κ2) is 11.7. The van der Waals surface area contributed by atoms with Gasteiger partial charge in [0.05, 0.1) is 17.8 Å². The van der Waals surface area contributed by atoms with Crippen LogP contribution < -0.4 is 4.74 Å². The number of halogens is 1. The monoisotopic (exact) mass is 489 g/mol. The van der Waals surface area contributed by atoms with Gasteiger partial charge in [0.2, 0.25) is 0 Å². The summed E-state index contributed by atoms with van der Waals surface area (Å²) >= 11 is 7.22. The molecule has 2 aromatic heterocycles. The molecule has 3 rings (SSSR count). The van der Waals surface area contributed by atoms with Gasteiger partial charge in [-0.2, -0.15) is 0 Å². The van der Waals surface area contributed by atoms with Gasteiger partial charge in [0.15, 0.2) is 6.61 Å². The first-order valence-electron chi connectivity index (χ1n) is 10.1. The van der Waals surface area contributed by atoms with Gasteiger partial charge in [-0.05, 0) is 50.2 Å². The van der Waals surface area contributed by atoms with E-state index in [9.17, 15) is 9.59 Å². The van der Waals surface area contributed by atoms with Crippen LogP contribution >= 0.6 is 23.4 Å². The van der Waals surface area contributed by atoms with Gasteiger partial charge in [-0.15, -0.1) is 11.8 Å². The number of pyridine rings is 1. The summed E-state index contributed by atoms with van der Waals surface area (Å²) in [5, 5.41) is 5.07. The smallest absolute Gasteiger partial charge is 0.341 e. The Labute approximate surface area is 201 Å². The quantitative estimate of drug-likeness (QED) is 0.307. The van der Waals surface area contributed by atoms with Gasteiger partial charge in [0.25, 0.3) is 5.91 Å². The summed E-state index contributed by atoms with van der Waals surface area (Å²) in [6, 6.07) is 10.2. The fourth-order valence-electron chi connectivity index (χ4n) is 2.78. The van der Waals surface area contributed by atoms with E-state index in [0.717, 1.165) is 17.0 Å². The van der Waals surface area contributed by atoms with E-state index in [0.29, 0.717) is 40.3 Å². The third-order valence-corrected chi connectivity index (χ3v) is 6.07. The maximum atomic E-state index is 12.6. The number of ether oxygens (including phenoxy) is 2. The molecule has 1 amide bonds. The number of carbonyl (C=O) groups is 2. The van der Waals surface area contributed by atoms with Crippen LogP contribution in [-0.2, 0) is 15.3 Å². The first-order valence-corrected chi connectivity index (χ1v) is 11.5. The molecule has 0 fully saturated rings. The number of esters is 1. The molecule has 0 aliphatic rings. The van der Waals surface area contributed by atoms with E-state index in [2.05, 4.69) is 10.1 Å². The number of thioether (sulfide) groups is 1. The average molecular weight is 490 g/mol. The molecule has 0 bridgehead atoms. The number of aromatic nitrogens is 2. The number of hydrogen-bond acceptors (Lipinski definition) is 8. The van der Waals surface area contributed by atoms with Gasteiger partial charge in [-0.25, -0.2) is 9.78 Å². The predicted molar refractivity (Wildman–Crippen MR) is 125 cm³/mol. The van der Waals surface area contributed by atoms with E-state index >= 15 is 0 Å². The van der Waals surface area contributed by atoms with Crippen LogP contribution in [0.15, 0.2) is 52.1 Å². The van der Waals surface area contributed by atoms with Crippen LogP contribution in [0.5, 0.6) is 5.75 Å². The lowest BCUT2D eigenvalue weighted by Crippen LogP contribution is -2.34. The lowest BCUT2D eigenvalue weighted by molar-refractivity contribution is -0.133. The zero-order valence-corrected chi connectivity index (χ0v) is 20.1. The van der Waals surface area contributed by atoms with Crippen molar-refractivity contribution in [2.24, 2.45) is 0 Å². The van der Waals surface area contributed by atoms with E-state index in [1.165, 1.54) is 16.7 Å². The highest BCUT2D eigenvalue weighted by Crippen LogP contribution is 2.27. The minimum atomic E-state index is -0.608. The topological polar surface area (TPSA) is 94.8 Å². The number of hydrogen-bond donors (Lipinski definition) is 0. The fourth-order valence-corrected chi connectivity index (χ4v) is 4.04. The van der Waals surface area contributed by atoms with E-state index < -0.39 is 5.97 Å². The third kappa shape index (κ3) is 6.97. The van der Waals surface area contributed by atoms with E-state index in [1.54, 1.807) is 49.6 Å². The van der Waals surface area contributed by atoms with Crippen LogP contribution in [-0.4, -0.2) is 53.7 Å². The second-order valence-electron chi connectivity index (χ2n) is 7.14. The van der Waals surface area contributed by atoms with Gasteiger partial charge in [0.1, 0.15) is 23.1 Å². The zero-order chi connectivity index (χ0) is 23.8. The zero-order valence-electron chi connectivity index (χ0n) is 18.5. The minimum Gasteiger partial charge on any atom is -0.492 e. The van der Waals surface area contributed by atoms with Gasteiger partial charge in [0, 0.05) is 29.6 Å². The molecule has 3 aromatic rings. The van der Waals surface area contributed by atoms with Crippen molar-refractivity contribution < 1.29 is 23.6 Å². The molecule has 1 aromatic carbocycles. The van der Waals surface area contributed by atoms with Crippen molar-refractivity contribution in [3.8, 4) is 5.75 Å². The Morgan fingerprint density at radius 2 is 1.94 bits per heavy atom. The number of rotatable bonds is 10. The Balaban J connectivity index is 1.48. The van der Waals surface area contributed by atoms with Crippen molar-refractivity contribution in [3.63, 3.8) is 0 Å². The van der Waals surface area contributed by atoms with Crippen LogP contribution in [0.25, 0.3) is 0 Å². The molecular weight excluding hydrogens is 466 g/mol. The van der Waals surface area contributed by atoms with Crippen molar-refractivity contribution in [2.75, 3.05) is 26.8 Å². The molecule has 33 heavy (non-hydrogen) atoms. The molecule has 8 nitrogen and oxygen atoms in total. The molecular formula is C23H24ClN3O5S. The Morgan fingerprint density at radius 1 is 1.18 bits per heavy atom. The summed E-state index contributed by atoms with van der Waals surface area (Å²) in [6.07, 6.45) is 1.60. The summed E-state index contributed by atoms with van der Waals surface area (Å²) in [5.41, 5.74) is 2.06. The first kappa shape index (κ1) is 24.6. The van der Waals surface area contributed by atoms with Crippen molar-refractivity contribution in [1.29, 1.82) is 0 Å². The number of aryl methyl sites for hydroxylation is 2. The Hall–Kier alpha value is -3.04. The molecule has 0 radical (unpaired) electrons. The summed E-state index contributed by atoms with van der Waals surface area (Å²) in [5.74, 6) is 0.993. The predicted octanol–water partition coefficient (Wildman–Crippen LogP) is 4.33. The Morgan fingerprint density at radius 3 is 2.64 bits per heavy atom. The normalized spacial score (nSPS) is 10.7. The first-order chi connectivity index (χ1) is 15.8. The molecule has 0 aliphatic carbocycles. The van der Waals surface area contributed by atoms with Gasteiger partial charge in [-0.3, -0.25) is 4.79 Å². The Kier molecular flexibility index (Phi) is 8.73. The molecule has 0 atom stereocenters. The van der Waals surface area contributed by atoms with E-state index in [4.69, 9.17) is 25.6 Å².